The number of rotatable bonds is 5. The third-order valence-electron chi connectivity index (χ3n) is 3.02. The molecular weight excluding hydrogens is 208 g/mol. The molecule has 0 aromatic carbocycles. The summed E-state index contributed by atoms with van der Waals surface area (Å²) < 4.78 is 0. The number of aliphatic hydroxyl groups is 1. The summed E-state index contributed by atoms with van der Waals surface area (Å²) >= 11 is 1.73. The average Bonchev–Trinajstić information content (AvgIpc) is 2.87. The van der Waals surface area contributed by atoms with Crippen LogP contribution in [0.5, 0.6) is 0 Å². The molecule has 0 saturated carbocycles. The van der Waals surface area contributed by atoms with E-state index in [1.54, 1.807) is 11.3 Å². The molecule has 1 fully saturated rings. The lowest BCUT2D eigenvalue weighted by Crippen LogP contribution is -2.28. The maximum absolute atomic E-state index is 8.84. The first kappa shape index (κ1) is 11.0. The normalized spacial score (nSPS) is 22.3. The van der Waals surface area contributed by atoms with Crippen LogP contribution in [0.3, 0.4) is 0 Å². The molecular formula is C11H18N2OS. The second-order valence-electron chi connectivity index (χ2n) is 4.06. The van der Waals surface area contributed by atoms with E-state index in [4.69, 9.17) is 5.11 Å². The Morgan fingerprint density at radius 1 is 1.60 bits per heavy atom. The van der Waals surface area contributed by atoms with Crippen LogP contribution in [-0.4, -0.2) is 34.2 Å². The van der Waals surface area contributed by atoms with Crippen molar-refractivity contribution in [3.8, 4) is 0 Å². The van der Waals surface area contributed by atoms with Crippen LogP contribution < -0.4 is 0 Å². The number of hydrogen-bond donors (Lipinski definition) is 1. The van der Waals surface area contributed by atoms with Gasteiger partial charge in [-0.3, -0.25) is 4.90 Å². The second-order valence-corrected chi connectivity index (χ2v) is 5.04. The lowest BCUT2D eigenvalue weighted by Gasteiger charge is -2.22. The van der Waals surface area contributed by atoms with E-state index in [1.807, 2.05) is 11.6 Å². The Balaban J connectivity index is 1.85. The van der Waals surface area contributed by atoms with Crippen LogP contribution in [-0.2, 0) is 6.54 Å². The number of aromatic nitrogens is 1. The maximum Gasteiger partial charge on any atom is 0.107 e. The van der Waals surface area contributed by atoms with Crippen molar-refractivity contribution < 1.29 is 5.11 Å². The summed E-state index contributed by atoms with van der Waals surface area (Å²) in [6.45, 7) is 2.50. The number of likely N-dealkylation sites (tertiary alicyclic amines) is 1. The van der Waals surface area contributed by atoms with Crippen LogP contribution >= 0.6 is 11.3 Å². The van der Waals surface area contributed by atoms with E-state index in [0.29, 0.717) is 12.6 Å². The van der Waals surface area contributed by atoms with Crippen LogP contribution in [0.1, 0.15) is 30.7 Å². The molecule has 84 valence electrons. The van der Waals surface area contributed by atoms with Crippen LogP contribution in [0, 0.1) is 0 Å². The first-order valence-corrected chi connectivity index (χ1v) is 6.51. The second kappa shape index (κ2) is 5.58. The molecule has 1 aliphatic rings. The Morgan fingerprint density at radius 3 is 3.27 bits per heavy atom. The molecule has 1 aromatic heterocycles. The number of nitrogens with zero attached hydrogens (tertiary/aromatic N) is 2. The molecule has 1 N–H and O–H groups in total. The molecule has 1 unspecified atom stereocenters. The number of aliphatic hydroxyl groups excluding tert-OH is 1. The number of hydrogen-bond acceptors (Lipinski definition) is 4. The van der Waals surface area contributed by atoms with Gasteiger partial charge in [-0.1, -0.05) is 0 Å². The Hall–Kier alpha value is -0.450. The van der Waals surface area contributed by atoms with Gasteiger partial charge in [0.2, 0.25) is 0 Å². The third kappa shape index (κ3) is 3.00. The Kier molecular flexibility index (Phi) is 4.11. The van der Waals surface area contributed by atoms with Gasteiger partial charge in [0.1, 0.15) is 5.01 Å². The van der Waals surface area contributed by atoms with E-state index in [2.05, 4.69) is 9.88 Å². The van der Waals surface area contributed by atoms with Crippen LogP contribution in [0.15, 0.2) is 11.6 Å². The molecule has 4 heteroatoms. The zero-order chi connectivity index (χ0) is 10.5. The highest BCUT2D eigenvalue weighted by molar-refractivity contribution is 7.09. The van der Waals surface area contributed by atoms with Crippen molar-refractivity contribution in [2.24, 2.45) is 0 Å². The Morgan fingerprint density at radius 2 is 2.53 bits per heavy atom. The molecule has 0 radical (unpaired) electrons. The summed E-state index contributed by atoms with van der Waals surface area (Å²) in [6, 6.07) is 0.668. The van der Waals surface area contributed by atoms with Crippen molar-refractivity contribution in [3.63, 3.8) is 0 Å². The molecule has 15 heavy (non-hydrogen) atoms. The first-order valence-electron chi connectivity index (χ1n) is 5.63. The first-order chi connectivity index (χ1) is 7.40. The topological polar surface area (TPSA) is 36.4 Å². The summed E-state index contributed by atoms with van der Waals surface area (Å²) in [5, 5.41) is 12.1. The molecule has 0 amide bonds. The highest BCUT2D eigenvalue weighted by Crippen LogP contribution is 2.23. The fraction of sp³-hybridized carbons (Fsp3) is 0.727. The summed E-state index contributed by atoms with van der Waals surface area (Å²) in [4.78, 5) is 6.83. The quantitative estimate of drug-likeness (QED) is 0.833. The summed E-state index contributed by atoms with van der Waals surface area (Å²) in [7, 11) is 0. The van der Waals surface area contributed by atoms with Crippen LogP contribution in [0.4, 0.5) is 0 Å². The fourth-order valence-corrected chi connectivity index (χ4v) is 2.90. The molecule has 0 spiro atoms. The molecule has 3 nitrogen and oxygen atoms in total. The van der Waals surface area contributed by atoms with Crippen LogP contribution in [0.2, 0.25) is 0 Å². The summed E-state index contributed by atoms with van der Waals surface area (Å²) in [6.07, 6.45) is 6.51. The minimum atomic E-state index is 0.321. The van der Waals surface area contributed by atoms with Crippen LogP contribution in [0.25, 0.3) is 0 Å². The minimum absolute atomic E-state index is 0.321. The fourth-order valence-electron chi connectivity index (χ4n) is 2.26. The van der Waals surface area contributed by atoms with Gasteiger partial charge < -0.3 is 5.11 Å². The standard InChI is InChI=1S/C11H18N2OS/c14-7-2-4-10-3-1-6-13(10)9-11-12-5-8-15-11/h5,8,10,14H,1-4,6-7,9H2. The maximum atomic E-state index is 8.84. The van der Waals surface area contributed by atoms with Gasteiger partial charge in [-0.2, -0.15) is 0 Å². The Bertz CT molecular complexity index is 276. The average molecular weight is 226 g/mol. The smallest absolute Gasteiger partial charge is 0.107 e. The molecule has 0 bridgehead atoms. The summed E-state index contributed by atoms with van der Waals surface area (Å²) in [5.41, 5.74) is 0. The molecule has 1 aromatic rings. The highest BCUT2D eigenvalue weighted by Gasteiger charge is 2.24. The predicted octanol–water partition coefficient (Wildman–Crippen LogP) is 1.88. The van der Waals surface area contributed by atoms with Crippen molar-refractivity contribution in [1.82, 2.24) is 9.88 Å². The van der Waals surface area contributed by atoms with Gasteiger partial charge >= 0.3 is 0 Å². The van der Waals surface area contributed by atoms with Gasteiger partial charge in [-0.05, 0) is 32.2 Å². The van der Waals surface area contributed by atoms with Crippen molar-refractivity contribution >= 4 is 11.3 Å². The van der Waals surface area contributed by atoms with Gasteiger partial charge in [-0.15, -0.1) is 11.3 Å². The largest absolute Gasteiger partial charge is 0.396 e. The predicted molar refractivity (Wildman–Crippen MR) is 61.9 cm³/mol. The number of thiazole rings is 1. The van der Waals surface area contributed by atoms with Crippen molar-refractivity contribution in [2.75, 3.05) is 13.2 Å². The van der Waals surface area contributed by atoms with E-state index >= 15 is 0 Å². The van der Waals surface area contributed by atoms with Gasteiger partial charge in [0.25, 0.3) is 0 Å². The summed E-state index contributed by atoms with van der Waals surface area (Å²) in [5.74, 6) is 0. The minimum Gasteiger partial charge on any atom is -0.396 e. The van der Waals surface area contributed by atoms with E-state index in [9.17, 15) is 0 Å². The lowest BCUT2D eigenvalue weighted by molar-refractivity contribution is 0.210. The highest BCUT2D eigenvalue weighted by atomic mass is 32.1. The zero-order valence-corrected chi connectivity index (χ0v) is 9.75. The molecule has 1 saturated heterocycles. The Labute approximate surface area is 94.8 Å². The molecule has 2 heterocycles. The molecule has 1 atom stereocenters. The van der Waals surface area contributed by atoms with E-state index in [-0.39, 0.29) is 0 Å². The van der Waals surface area contributed by atoms with Gasteiger partial charge in [0.15, 0.2) is 0 Å². The molecule has 0 aliphatic carbocycles. The van der Waals surface area contributed by atoms with E-state index in [0.717, 1.165) is 19.4 Å². The van der Waals surface area contributed by atoms with Gasteiger partial charge in [0.05, 0.1) is 6.54 Å². The van der Waals surface area contributed by atoms with Gasteiger partial charge in [0, 0.05) is 24.2 Å². The van der Waals surface area contributed by atoms with E-state index < -0.39 is 0 Å². The monoisotopic (exact) mass is 226 g/mol. The van der Waals surface area contributed by atoms with E-state index in [1.165, 1.54) is 24.4 Å². The molecule has 1 aliphatic heterocycles. The van der Waals surface area contributed by atoms with Gasteiger partial charge in [-0.25, -0.2) is 4.98 Å². The SMILES string of the molecule is OCCCC1CCCN1Cc1nccs1. The third-order valence-corrected chi connectivity index (χ3v) is 3.78. The lowest BCUT2D eigenvalue weighted by atomic mass is 10.1. The zero-order valence-electron chi connectivity index (χ0n) is 8.93. The van der Waals surface area contributed by atoms with Crippen molar-refractivity contribution in [1.29, 1.82) is 0 Å². The van der Waals surface area contributed by atoms with Crippen molar-refractivity contribution in [3.05, 3.63) is 16.6 Å². The van der Waals surface area contributed by atoms with Crippen molar-refractivity contribution in [2.45, 2.75) is 38.3 Å². The molecule has 2 rings (SSSR count).